The molecule has 0 aliphatic carbocycles. The van der Waals surface area contributed by atoms with Gasteiger partial charge in [-0.15, -0.1) is 0 Å². The summed E-state index contributed by atoms with van der Waals surface area (Å²) in [5.74, 6) is 0.325. The van der Waals surface area contributed by atoms with Gasteiger partial charge in [-0.3, -0.25) is 4.79 Å². The predicted molar refractivity (Wildman–Crippen MR) is 95.3 cm³/mol. The lowest BCUT2D eigenvalue weighted by Gasteiger charge is -2.22. The number of rotatable bonds is 7. The summed E-state index contributed by atoms with van der Waals surface area (Å²) in [7, 11) is 0. The van der Waals surface area contributed by atoms with E-state index < -0.39 is 0 Å². The minimum absolute atomic E-state index is 0.134. The number of furan rings is 1. The van der Waals surface area contributed by atoms with Crippen LogP contribution in [0.2, 0.25) is 0 Å². The third-order valence-electron chi connectivity index (χ3n) is 3.95. The van der Waals surface area contributed by atoms with Crippen LogP contribution in [0, 0.1) is 13.8 Å². The fraction of sp³-hybridized carbons (Fsp3) is 0.368. The Morgan fingerprint density at radius 2 is 2.00 bits per heavy atom. The molecule has 25 heavy (non-hydrogen) atoms. The van der Waals surface area contributed by atoms with E-state index in [2.05, 4.69) is 5.32 Å². The van der Waals surface area contributed by atoms with Crippen LogP contribution in [0.4, 0.5) is 10.5 Å². The number of hydrogen-bond donors (Lipinski definition) is 1. The molecule has 0 aliphatic heterocycles. The normalized spacial score (nSPS) is 10.4. The van der Waals surface area contributed by atoms with Crippen LogP contribution in [0.1, 0.15) is 30.2 Å². The van der Waals surface area contributed by atoms with Gasteiger partial charge in [-0.25, -0.2) is 4.79 Å². The van der Waals surface area contributed by atoms with Gasteiger partial charge in [0.05, 0.1) is 25.8 Å². The van der Waals surface area contributed by atoms with Gasteiger partial charge in [0.25, 0.3) is 0 Å². The van der Waals surface area contributed by atoms with Crippen LogP contribution in [-0.2, 0) is 16.1 Å². The largest absolute Gasteiger partial charge is 0.467 e. The van der Waals surface area contributed by atoms with Crippen molar-refractivity contribution in [3.8, 4) is 0 Å². The van der Waals surface area contributed by atoms with Crippen LogP contribution in [0.15, 0.2) is 41.0 Å². The molecule has 0 bridgehead atoms. The minimum Gasteiger partial charge on any atom is -0.467 e. The average Bonchev–Trinajstić information content (AvgIpc) is 3.09. The molecular weight excluding hydrogens is 320 g/mol. The van der Waals surface area contributed by atoms with E-state index in [9.17, 15) is 9.59 Å². The van der Waals surface area contributed by atoms with Gasteiger partial charge in [-0.1, -0.05) is 12.1 Å². The van der Waals surface area contributed by atoms with E-state index in [1.54, 1.807) is 25.3 Å². The molecule has 2 rings (SSSR count). The van der Waals surface area contributed by atoms with Crippen molar-refractivity contribution in [3.05, 3.63) is 53.5 Å². The number of nitrogens with one attached hydrogen (secondary N) is 1. The van der Waals surface area contributed by atoms with Crippen molar-refractivity contribution in [1.29, 1.82) is 0 Å². The quantitative estimate of drug-likeness (QED) is 0.774. The van der Waals surface area contributed by atoms with Crippen LogP contribution >= 0.6 is 0 Å². The second kappa shape index (κ2) is 8.92. The standard InChI is InChI=1S/C19H24N2O4/c1-4-24-18(22)10-11-21(13-16-8-6-12-25-16)19(23)20-17-9-5-7-14(2)15(17)3/h5-9,12H,4,10-11,13H2,1-3H3,(H,20,23). The Morgan fingerprint density at radius 1 is 1.20 bits per heavy atom. The maximum absolute atomic E-state index is 12.7. The molecule has 1 aromatic heterocycles. The Hall–Kier alpha value is -2.76. The van der Waals surface area contributed by atoms with Gasteiger partial charge in [0.2, 0.25) is 0 Å². The molecule has 2 aromatic rings. The van der Waals surface area contributed by atoms with E-state index in [-0.39, 0.29) is 31.5 Å². The summed E-state index contributed by atoms with van der Waals surface area (Å²) in [5.41, 5.74) is 2.87. The van der Waals surface area contributed by atoms with Crippen molar-refractivity contribution in [2.75, 3.05) is 18.5 Å². The minimum atomic E-state index is -0.327. The second-order valence-electron chi connectivity index (χ2n) is 5.73. The van der Waals surface area contributed by atoms with Crippen molar-refractivity contribution in [2.24, 2.45) is 0 Å². The summed E-state index contributed by atoms with van der Waals surface area (Å²) in [5, 5.41) is 2.91. The number of esters is 1. The number of urea groups is 1. The molecule has 1 N–H and O–H groups in total. The average molecular weight is 344 g/mol. The lowest BCUT2D eigenvalue weighted by molar-refractivity contribution is -0.143. The number of nitrogens with zero attached hydrogens (tertiary/aromatic N) is 1. The molecular formula is C19H24N2O4. The van der Waals surface area contributed by atoms with Crippen molar-refractivity contribution in [3.63, 3.8) is 0 Å². The second-order valence-corrected chi connectivity index (χ2v) is 5.73. The molecule has 0 aliphatic rings. The zero-order chi connectivity index (χ0) is 18.2. The molecule has 0 unspecified atom stereocenters. The van der Waals surface area contributed by atoms with Gasteiger partial charge in [0, 0.05) is 12.2 Å². The summed E-state index contributed by atoms with van der Waals surface area (Å²) in [6, 6.07) is 9.02. The van der Waals surface area contributed by atoms with Crippen LogP contribution in [0.5, 0.6) is 0 Å². The van der Waals surface area contributed by atoms with Crippen LogP contribution in [-0.4, -0.2) is 30.1 Å². The fourth-order valence-corrected chi connectivity index (χ4v) is 2.38. The predicted octanol–water partition coefficient (Wildman–Crippen LogP) is 3.88. The molecule has 1 aromatic carbocycles. The number of amides is 2. The van der Waals surface area contributed by atoms with Gasteiger partial charge < -0.3 is 19.4 Å². The Morgan fingerprint density at radius 3 is 2.68 bits per heavy atom. The fourth-order valence-electron chi connectivity index (χ4n) is 2.38. The number of benzene rings is 1. The van der Waals surface area contributed by atoms with E-state index in [4.69, 9.17) is 9.15 Å². The van der Waals surface area contributed by atoms with Crippen LogP contribution in [0.3, 0.4) is 0 Å². The summed E-state index contributed by atoms with van der Waals surface area (Å²) < 4.78 is 10.3. The number of ether oxygens (including phenoxy) is 1. The van der Waals surface area contributed by atoms with Crippen molar-refractivity contribution in [1.82, 2.24) is 4.90 Å². The number of carbonyl (C=O) groups excluding carboxylic acids is 2. The van der Waals surface area contributed by atoms with Gasteiger partial charge >= 0.3 is 12.0 Å². The van der Waals surface area contributed by atoms with Crippen molar-refractivity contribution >= 4 is 17.7 Å². The first-order valence-electron chi connectivity index (χ1n) is 8.31. The molecule has 0 radical (unpaired) electrons. The molecule has 0 fully saturated rings. The molecule has 134 valence electrons. The highest BCUT2D eigenvalue weighted by molar-refractivity contribution is 5.90. The summed E-state index contributed by atoms with van der Waals surface area (Å²) in [6.07, 6.45) is 1.69. The van der Waals surface area contributed by atoms with E-state index in [0.29, 0.717) is 12.4 Å². The van der Waals surface area contributed by atoms with Crippen molar-refractivity contribution in [2.45, 2.75) is 33.7 Å². The van der Waals surface area contributed by atoms with Crippen LogP contribution in [0.25, 0.3) is 0 Å². The molecule has 1 heterocycles. The zero-order valence-corrected chi connectivity index (χ0v) is 14.9. The maximum Gasteiger partial charge on any atom is 0.322 e. The summed E-state index contributed by atoms with van der Waals surface area (Å²) in [4.78, 5) is 25.9. The molecule has 0 spiro atoms. The molecule has 0 saturated carbocycles. The van der Waals surface area contributed by atoms with Gasteiger partial charge in [-0.2, -0.15) is 0 Å². The lowest BCUT2D eigenvalue weighted by atomic mass is 10.1. The third-order valence-corrected chi connectivity index (χ3v) is 3.95. The molecule has 0 atom stereocenters. The van der Waals surface area contributed by atoms with Crippen LogP contribution < -0.4 is 5.32 Å². The number of hydrogen-bond acceptors (Lipinski definition) is 4. The molecule has 2 amide bonds. The number of aryl methyl sites for hydroxylation is 1. The smallest absolute Gasteiger partial charge is 0.322 e. The summed E-state index contributed by atoms with van der Waals surface area (Å²) >= 11 is 0. The Labute approximate surface area is 147 Å². The summed E-state index contributed by atoms with van der Waals surface area (Å²) in [6.45, 7) is 6.56. The van der Waals surface area contributed by atoms with E-state index in [1.165, 1.54) is 4.90 Å². The Kier molecular flexibility index (Phi) is 6.62. The highest BCUT2D eigenvalue weighted by atomic mass is 16.5. The molecule has 6 heteroatoms. The lowest BCUT2D eigenvalue weighted by Crippen LogP contribution is -2.36. The van der Waals surface area contributed by atoms with E-state index in [1.807, 2.05) is 32.0 Å². The number of carbonyl (C=O) groups is 2. The monoisotopic (exact) mass is 344 g/mol. The first kappa shape index (κ1) is 18.6. The zero-order valence-electron chi connectivity index (χ0n) is 14.9. The highest BCUT2D eigenvalue weighted by Gasteiger charge is 2.18. The first-order chi connectivity index (χ1) is 12.0. The number of anilines is 1. The SMILES string of the molecule is CCOC(=O)CCN(Cc1ccco1)C(=O)Nc1cccc(C)c1C. The maximum atomic E-state index is 12.7. The van der Waals surface area contributed by atoms with E-state index >= 15 is 0 Å². The van der Waals surface area contributed by atoms with Crippen molar-refractivity contribution < 1.29 is 18.7 Å². The highest BCUT2D eigenvalue weighted by Crippen LogP contribution is 2.19. The third kappa shape index (κ3) is 5.38. The molecule has 0 saturated heterocycles. The topological polar surface area (TPSA) is 71.8 Å². The molecule has 6 nitrogen and oxygen atoms in total. The van der Waals surface area contributed by atoms with Gasteiger partial charge in [0.15, 0.2) is 0 Å². The Bertz CT molecular complexity index is 710. The Balaban J connectivity index is 2.08. The van der Waals surface area contributed by atoms with Gasteiger partial charge in [-0.05, 0) is 50.1 Å². The van der Waals surface area contributed by atoms with E-state index in [0.717, 1.165) is 16.8 Å². The van der Waals surface area contributed by atoms with Gasteiger partial charge in [0.1, 0.15) is 5.76 Å². The first-order valence-corrected chi connectivity index (χ1v) is 8.31.